The van der Waals surface area contributed by atoms with Crippen molar-refractivity contribution in [1.82, 2.24) is 19.8 Å². The third kappa shape index (κ3) is 6.23. The van der Waals surface area contributed by atoms with Gasteiger partial charge >= 0.3 is 0 Å². The fourth-order valence-electron chi connectivity index (χ4n) is 4.42. The van der Waals surface area contributed by atoms with E-state index < -0.39 is 0 Å². The highest BCUT2D eigenvalue weighted by atomic mass is 16.5. The van der Waals surface area contributed by atoms with Gasteiger partial charge in [0.1, 0.15) is 12.4 Å². The molecule has 7 heteroatoms. The van der Waals surface area contributed by atoms with Gasteiger partial charge in [-0.05, 0) is 56.4 Å². The lowest BCUT2D eigenvalue weighted by molar-refractivity contribution is 0.0593. The minimum Gasteiger partial charge on any atom is -0.491 e. The molecular weight excluding hydrogens is 440 g/mol. The Morgan fingerprint density at radius 1 is 0.943 bits per heavy atom. The minimum atomic E-state index is -0.250. The first-order chi connectivity index (χ1) is 17.2. The number of amides is 2. The van der Waals surface area contributed by atoms with Crippen LogP contribution in [-0.2, 0) is 6.42 Å². The van der Waals surface area contributed by atoms with Gasteiger partial charge in [-0.25, -0.2) is 9.97 Å². The largest absolute Gasteiger partial charge is 0.491 e. The Morgan fingerprint density at radius 3 is 2.43 bits per heavy atom. The lowest BCUT2D eigenvalue weighted by Crippen LogP contribution is -2.46. The quantitative estimate of drug-likeness (QED) is 0.567. The number of aromatic nitrogens is 2. The fraction of sp³-hybridized carbons (Fsp3) is 0.357. The molecule has 2 amide bonds. The van der Waals surface area contributed by atoms with Crippen LogP contribution in [0.5, 0.6) is 5.75 Å². The molecule has 0 unspecified atom stereocenters. The minimum absolute atomic E-state index is 0.0208. The van der Waals surface area contributed by atoms with Gasteiger partial charge in [0.15, 0.2) is 0 Å². The third-order valence-corrected chi connectivity index (χ3v) is 6.32. The predicted molar refractivity (Wildman–Crippen MR) is 134 cm³/mol. The molecule has 0 radical (unpaired) electrons. The second kappa shape index (κ2) is 12.1. The maximum Gasteiger partial charge on any atom is 0.292 e. The molecule has 35 heavy (non-hydrogen) atoms. The zero-order chi connectivity index (χ0) is 24.5. The molecule has 0 aliphatic carbocycles. The highest BCUT2D eigenvalue weighted by Gasteiger charge is 2.28. The summed E-state index contributed by atoms with van der Waals surface area (Å²) in [5, 5.41) is 0. The molecule has 0 bridgehead atoms. The second-order valence-corrected chi connectivity index (χ2v) is 8.67. The van der Waals surface area contributed by atoms with Crippen molar-refractivity contribution >= 4 is 11.8 Å². The van der Waals surface area contributed by atoms with Crippen molar-refractivity contribution in [3.8, 4) is 5.75 Å². The zero-order valence-corrected chi connectivity index (χ0v) is 20.2. The van der Waals surface area contributed by atoms with Crippen LogP contribution in [-0.4, -0.2) is 63.9 Å². The van der Waals surface area contributed by atoms with E-state index in [1.165, 1.54) is 0 Å². The van der Waals surface area contributed by atoms with Crippen LogP contribution in [0, 0.1) is 0 Å². The van der Waals surface area contributed by atoms with Gasteiger partial charge in [-0.1, -0.05) is 42.5 Å². The van der Waals surface area contributed by atoms with Gasteiger partial charge in [0.05, 0.1) is 11.6 Å². The Hall–Kier alpha value is -3.74. The van der Waals surface area contributed by atoms with Crippen LogP contribution in [0.1, 0.15) is 52.7 Å². The fourth-order valence-corrected chi connectivity index (χ4v) is 4.42. The van der Waals surface area contributed by atoms with Gasteiger partial charge in [-0.3, -0.25) is 9.59 Å². The summed E-state index contributed by atoms with van der Waals surface area (Å²) >= 11 is 0. The SMILES string of the molecule is CCN1CCCCCN(C(=O)c2ncccn2)[C@@H](Cc2ccccc2)COc2ccccc2C1=O. The van der Waals surface area contributed by atoms with E-state index >= 15 is 0 Å². The third-order valence-electron chi connectivity index (χ3n) is 6.32. The Bertz CT molecular complexity index is 1110. The zero-order valence-electron chi connectivity index (χ0n) is 20.2. The summed E-state index contributed by atoms with van der Waals surface area (Å²) in [5.41, 5.74) is 1.66. The number of hydrogen-bond donors (Lipinski definition) is 0. The topological polar surface area (TPSA) is 75.6 Å². The molecule has 0 saturated carbocycles. The first-order valence-corrected chi connectivity index (χ1v) is 12.3. The van der Waals surface area contributed by atoms with Crippen LogP contribution in [0.4, 0.5) is 0 Å². The number of benzene rings is 2. The number of hydrogen-bond acceptors (Lipinski definition) is 5. The molecule has 3 aromatic rings. The van der Waals surface area contributed by atoms with E-state index in [-0.39, 0.29) is 30.3 Å². The summed E-state index contributed by atoms with van der Waals surface area (Å²) in [7, 11) is 0. The molecule has 4 rings (SSSR count). The van der Waals surface area contributed by atoms with Crippen molar-refractivity contribution in [3.63, 3.8) is 0 Å². The average Bonchev–Trinajstić information content (AvgIpc) is 2.92. The molecule has 0 fully saturated rings. The van der Waals surface area contributed by atoms with Crippen molar-refractivity contribution in [1.29, 1.82) is 0 Å². The van der Waals surface area contributed by atoms with Crippen LogP contribution in [0.2, 0.25) is 0 Å². The Balaban J connectivity index is 1.68. The van der Waals surface area contributed by atoms with E-state index in [4.69, 9.17) is 4.74 Å². The predicted octanol–water partition coefficient (Wildman–Crippen LogP) is 4.26. The molecule has 0 saturated heterocycles. The van der Waals surface area contributed by atoms with E-state index in [0.29, 0.717) is 37.4 Å². The Morgan fingerprint density at radius 2 is 1.66 bits per heavy atom. The molecule has 182 valence electrons. The first-order valence-electron chi connectivity index (χ1n) is 12.3. The van der Waals surface area contributed by atoms with Crippen molar-refractivity contribution in [3.05, 3.63) is 90.0 Å². The van der Waals surface area contributed by atoms with Crippen molar-refractivity contribution in [2.75, 3.05) is 26.2 Å². The number of para-hydroxylation sites is 1. The van der Waals surface area contributed by atoms with Gasteiger partial charge in [0, 0.05) is 32.0 Å². The van der Waals surface area contributed by atoms with E-state index in [1.807, 2.05) is 59.2 Å². The van der Waals surface area contributed by atoms with E-state index in [0.717, 1.165) is 24.8 Å². The normalized spacial score (nSPS) is 17.4. The van der Waals surface area contributed by atoms with E-state index in [1.54, 1.807) is 18.5 Å². The molecule has 1 aliphatic heterocycles. The van der Waals surface area contributed by atoms with Crippen LogP contribution < -0.4 is 4.74 Å². The number of rotatable bonds is 4. The first kappa shape index (κ1) is 24.4. The van der Waals surface area contributed by atoms with Crippen LogP contribution >= 0.6 is 0 Å². The summed E-state index contributed by atoms with van der Waals surface area (Å²) in [6.07, 6.45) is 6.40. The molecule has 0 N–H and O–H groups in total. The lowest BCUT2D eigenvalue weighted by Gasteiger charge is -2.31. The maximum absolute atomic E-state index is 13.6. The average molecular weight is 473 g/mol. The van der Waals surface area contributed by atoms with Gasteiger partial charge in [0.2, 0.25) is 5.82 Å². The number of carbonyl (C=O) groups excluding carboxylic acids is 2. The Kier molecular flexibility index (Phi) is 8.44. The Labute approximate surface area is 206 Å². The van der Waals surface area contributed by atoms with E-state index in [2.05, 4.69) is 22.1 Å². The molecule has 0 spiro atoms. The standard InChI is InChI=1S/C28H32N4O3/c1-2-31-18-9-4-10-19-32(28(34)26-29-16-11-17-30-26)23(20-22-12-5-3-6-13-22)21-35-25-15-8-7-14-24(25)27(31)33/h3,5-8,11-17,23H,2,4,9-10,18-21H2,1H3/t23-/m0/s1. The lowest BCUT2D eigenvalue weighted by atomic mass is 10.0. The summed E-state index contributed by atoms with van der Waals surface area (Å²) in [6, 6.07) is 18.9. The summed E-state index contributed by atoms with van der Waals surface area (Å²) < 4.78 is 6.28. The molecule has 7 nitrogen and oxygen atoms in total. The summed E-state index contributed by atoms with van der Waals surface area (Å²) in [4.78, 5) is 39.0. The molecule has 1 atom stereocenters. The highest BCUT2D eigenvalue weighted by molar-refractivity contribution is 5.97. The van der Waals surface area contributed by atoms with Gasteiger partial charge in [-0.15, -0.1) is 0 Å². The monoisotopic (exact) mass is 472 g/mol. The number of nitrogens with zero attached hydrogens (tertiary/aromatic N) is 4. The number of carbonyl (C=O) groups is 2. The van der Waals surface area contributed by atoms with Crippen molar-refractivity contribution in [2.45, 2.75) is 38.6 Å². The molecule has 2 heterocycles. The summed E-state index contributed by atoms with van der Waals surface area (Å²) in [6.45, 7) is 4.13. The summed E-state index contributed by atoms with van der Waals surface area (Å²) in [5.74, 6) is 0.497. The number of fused-ring (bicyclic) bond motifs is 1. The van der Waals surface area contributed by atoms with Crippen LogP contribution in [0.3, 0.4) is 0 Å². The second-order valence-electron chi connectivity index (χ2n) is 8.67. The smallest absolute Gasteiger partial charge is 0.292 e. The van der Waals surface area contributed by atoms with Crippen molar-refractivity contribution < 1.29 is 14.3 Å². The van der Waals surface area contributed by atoms with Gasteiger partial charge in [0.25, 0.3) is 11.8 Å². The maximum atomic E-state index is 13.6. The highest BCUT2D eigenvalue weighted by Crippen LogP contribution is 2.23. The van der Waals surface area contributed by atoms with Crippen molar-refractivity contribution in [2.24, 2.45) is 0 Å². The molecule has 1 aromatic heterocycles. The van der Waals surface area contributed by atoms with E-state index in [9.17, 15) is 9.59 Å². The van der Waals surface area contributed by atoms with Crippen LogP contribution in [0.15, 0.2) is 73.1 Å². The number of ether oxygens (including phenoxy) is 1. The van der Waals surface area contributed by atoms with Gasteiger partial charge < -0.3 is 14.5 Å². The molecule has 1 aliphatic rings. The molecule has 2 aromatic carbocycles. The van der Waals surface area contributed by atoms with Crippen LogP contribution in [0.25, 0.3) is 0 Å². The molecular formula is C28H32N4O3. The van der Waals surface area contributed by atoms with Gasteiger partial charge in [-0.2, -0.15) is 0 Å².